The molecule has 8 heteroatoms. The number of sulfonamides is 1. The smallest absolute Gasteiger partial charge is 0.261 e. The average molecular weight is 465 g/mol. The predicted octanol–water partition coefficient (Wildman–Crippen LogP) is 3.80. The van der Waals surface area contributed by atoms with Crippen molar-refractivity contribution in [3.05, 3.63) is 75.6 Å². The van der Waals surface area contributed by atoms with Crippen LogP contribution < -0.4 is 10.5 Å². The highest BCUT2D eigenvalue weighted by Crippen LogP contribution is 2.29. The Balaban J connectivity index is 1.56. The van der Waals surface area contributed by atoms with E-state index >= 15 is 0 Å². The topological polar surface area (TPSA) is 89.3 Å². The number of halogens is 1. The highest BCUT2D eigenvalue weighted by Gasteiger charge is 2.10. The van der Waals surface area contributed by atoms with Gasteiger partial charge < -0.3 is 5.32 Å². The molecule has 0 aliphatic heterocycles. The minimum absolute atomic E-state index is 0.0781. The molecule has 0 fully saturated rings. The number of nitrogens with two attached hydrogens (primary N) is 1. The predicted molar refractivity (Wildman–Crippen MR) is 111 cm³/mol. The van der Waals surface area contributed by atoms with Gasteiger partial charge in [0.15, 0.2) is 0 Å². The normalized spacial score (nSPS) is 11.3. The van der Waals surface area contributed by atoms with Gasteiger partial charge in [0.05, 0.1) is 9.77 Å². The van der Waals surface area contributed by atoms with Gasteiger partial charge in [-0.2, -0.15) is 0 Å². The summed E-state index contributed by atoms with van der Waals surface area (Å²) in [4.78, 5) is 14.1. The van der Waals surface area contributed by atoms with E-state index < -0.39 is 10.0 Å². The van der Waals surface area contributed by atoms with E-state index in [4.69, 9.17) is 5.14 Å². The summed E-state index contributed by atoms with van der Waals surface area (Å²) >= 11 is 4.85. The maximum absolute atomic E-state index is 12.3. The number of amides is 1. The number of carbonyl (C=O) groups is 1. The highest BCUT2D eigenvalue weighted by atomic mass is 79.9. The van der Waals surface area contributed by atoms with Crippen LogP contribution in [0.4, 0.5) is 0 Å². The van der Waals surface area contributed by atoms with Crippen LogP contribution in [0.15, 0.2) is 70.0 Å². The van der Waals surface area contributed by atoms with Crippen molar-refractivity contribution < 1.29 is 13.2 Å². The molecule has 1 heterocycles. The fourth-order valence-corrected chi connectivity index (χ4v) is 4.19. The Hall–Kier alpha value is -2.00. The lowest BCUT2D eigenvalue weighted by atomic mass is 10.1. The van der Waals surface area contributed by atoms with E-state index in [0.717, 1.165) is 20.5 Å². The Bertz CT molecular complexity index is 1040. The molecule has 140 valence electrons. The Kier molecular flexibility index (Phi) is 6.11. The largest absolute Gasteiger partial charge is 0.351 e. The molecule has 1 aromatic heterocycles. The summed E-state index contributed by atoms with van der Waals surface area (Å²) in [5.41, 5.74) is 1.99. The zero-order chi connectivity index (χ0) is 19.4. The van der Waals surface area contributed by atoms with Crippen LogP contribution in [-0.4, -0.2) is 20.9 Å². The first-order chi connectivity index (χ1) is 12.8. The molecule has 3 aromatic rings. The van der Waals surface area contributed by atoms with Crippen LogP contribution in [0, 0.1) is 0 Å². The van der Waals surface area contributed by atoms with Crippen LogP contribution in [0.2, 0.25) is 0 Å². The fourth-order valence-electron chi connectivity index (χ4n) is 2.48. The van der Waals surface area contributed by atoms with Gasteiger partial charge in [0.25, 0.3) is 5.91 Å². The summed E-state index contributed by atoms with van der Waals surface area (Å²) in [6.45, 7) is 0.457. The second-order valence-corrected chi connectivity index (χ2v) is 9.43. The summed E-state index contributed by atoms with van der Waals surface area (Å²) < 4.78 is 23.5. The van der Waals surface area contributed by atoms with Gasteiger partial charge in [0.2, 0.25) is 10.0 Å². The second-order valence-electron chi connectivity index (χ2n) is 5.87. The highest BCUT2D eigenvalue weighted by molar-refractivity contribution is 9.10. The Morgan fingerprint density at radius 3 is 2.30 bits per heavy atom. The van der Waals surface area contributed by atoms with Crippen LogP contribution in [0.3, 0.4) is 0 Å². The maximum Gasteiger partial charge on any atom is 0.261 e. The van der Waals surface area contributed by atoms with Gasteiger partial charge in [-0.15, -0.1) is 11.3 Å². The van der Waals surface area contributed by atoms with Gasteiger partial charge >= 0.3 is 0 Å². The zero-order valence-electron chi connectivity index (χ0n) is 14.2. The lowest BCUT2D eigenvalue weighted by Gasteiger charge is -2.05. The number of carbonyl (C=O) groups excluding carboxylic acids is 1. The Morgan fingerprint density at radius 1 is 1.00 bits per heavy atom. The number of rotatable bonds is 6. The van der Waals surface area contributed by atoms with Crippen LogP contribution in [-0.2, 0) is 16.4 Å². The Labute approximate surface area is 170 Å². The molecule has 0 saturated heterocycles. The van der Waals surface area contributed by atoms with Crippen LogP contribution in [0.25, 0.3) is 10.4 Å². The second kappa shape index (κ2) is 8.35. The summed E-state index contributed by atoms with van der Waals surface area (Å²) in [5, 5.41) is 7.96. The molecule has 0 radical (unpaired) electrons. The summed E-state index contributed by atoms with van der Waals surface area (Å²) in [6, 6.07) is 18.0. The number of primary sulfonamides is 1. The van der Waals surface area contributed by atoms with Gasteiger partial charge in [-0.1, -0.05) is 40.2 Å². The van der Waals surface area contributed by atoms with Crippen molar-refractivity contribution in [1.29, 1.82) is 0 Å². The molecule has 0 unspecified atom stereocenters. The van der Waals surface area contributed by atoms with Crippen LogP contribution >= 0.6 is 27.3 Å². The minimum Gasteiger partial charge on any atom is -0.351 e. The SMILES string of the molecule is NS(=O)(=O)c1ccc(CCNC(=O)c2ccc(-c3ccc(Br)cc3)s2)cc1. The quantitative estimate of drug-likeness (QED) is 0.581. The molecule has 3 N–H and O–H groups in total. The van der Waals surface area contributed by atoms with E-state index in [1.54, 1.807) is 12.1 Å². The summed E-state index contributed by atoms with van der Waals surface area (Å²) in [6.07, 6.45) is 0.599. The molecule has 2 aromatic carbocycles. The number of hydrogen-bond donors (Lipinski definition) is 2. The number of benzene rings is 2. The van der Waals surface area contributed by atoms with Crippen molar-refractivity contribution >= 4 is 43.2 Å². The first-order valence-corrected chi connectivity index (χ1v) is 11.2. The fraction of sp³-hybridized carbons (Fsp3) is 0.105. The molecule has 0 aliphatic rings. The molecule has 0 saturated carbocycles. The van der Waals surface area contributed by atoms with Crippen molar-refractivity contribution in [3.8, 4) is 10.4 Å². The van der Waals surface area contributed by atoms with Crippen molar-refractivity contribution in [2.24, 2.45) is 5.14 Å². The van der Waals surface area contributed by atoms with E-state index in [2.05, 4.69) is 21.2 Å². The molecular weight excluding hydrogens is 448 g/mol. The van der Waals surface area contributed by atoms with Crippen LogP contribution in [0.5, 0.6) is 0 Å². The lowest BCUT2D eigenvalue weighted by molar-refractivity contribution is 0.0958. The van der Waals surface area contributed by atoms with Crippen molar-refractivity contribution in [1.82, 2.24) is 5.32 Å². The molecular formula is C19H17BrN2O3S2. The molecule has 1 amide bonds. The van der Waals surface area contributed by atoms with Gasteiger partial charge in [0.1, 0.15) is 0 Å². The number of nitrogens with one attached hydrogen (secondary N) is 1. The van der Waals surface area contributed by atoms with Gasteiger partial charge in [-0.05, 0) is 53.9 Å². The molecule has 0 bridgehead atoms. The molecule has 3 rings (SSSR count). The number of thiophene rings is 1. The molecule has 0 atom stereocenters. The summed E-state index contributed by atoms with van der Waals surface area (Å²) in [7, 11) is -3.68. The molecule has 27 heavy (non-hydrogen) atoms. The maximum atomic E-state index is 12.3. The van der Waals surface area contributed by atoms with E-state index in [9.17, 15) is 13.2 Å². The first kappa shape index (κ1) is 19.8. The minimum atomic E-state index is -3.68. The third kappa shape index (κ3) is 5.26. The van der Waals surface area contributed by atoms with E-state index in [1.165, 1.54) is 23.5 Å². The monoisotopic (exact) mass is 464 g/mol. The third-order valence-corrected chi connectivity index (χ3v) is 6.50. The molecule has 5 nitrogen and oxygen atoms in total. The first-order valence-electron chi connectivity index (χ1n) is 8.09. The van der Waals surface area contributed by atoms with Crippen LogP contribution in [0.1, 0.15) is 15.2 Å². The van der Waals surface area contributed by atoms with Crippen molar-refractivity contribution in [2.75, 3.05) is 6.54 Å². The zero-order valence-corrected chi connectivity index (χ0v) is 17.4. The van der Waals surface area contributed by atoms with Crippen molar-refractivity contribution in [3.63, 3.8) is 0 Å². The van der Waals surface area contributed by atoms with E-state index in [0.29, 0.717) is 17.8 Å². The standard InChI is InChI=1S/C19H17BrN2O3S2/c20-15-5-3-14(4-6-15)17-9-10-18(26-17)19(23)22-12-11-13-1-7-16(8-2-13)27(21,24)25/h1-10H,11-12H2,(H,22,23)(H2,21,24,25). The molecule has 0 aliphatic carbocycles. The summed E-state index contributed by atoms with van der Waals surface area (Å²) in [5.74, 6) is -0.121. The van der Waals surface area contributed by atoms with E-state index in [1.807, 2.05) is 36.4 Å². The van der Waals surface area contributed by atoms with E-state index in [-0.39, 0.29) is 10.8 Å². The van der Waals surface area contributed by atoms with Gasteiger partial charge in [-0.3, -0.25) is 4.79 Å². The number of hydrogen-bond acceptors (Lipinski definition) is 4. The lowest BCUT2D eigenvalue weighted by Crippen LogP contribution is -2.24. The molecule has 0 spiro atoms. The van der Waals surface area contributed by atoms with Gasteiger partial charge in [-0.25, -0.2) is 13.6 Å². The van der Waals surface area contributed by atoms with Crippen molar-refractivity contribution in [2.45, 2.75) is 11.3 Å². The third-order valence-electron chi connectivity index (χ3n) is 3.91. The Morgan fingerprint density at radius 2 is 1.67 bits per heavy atom. The average Bonchev–Trinajstić information content (AvgIpc) is 3.12. The van der Waals surface area contributed by atoms with Gasteiger partial charge in [0, 0.05) is 15.9 Å².